The van der Waals surface area contributed by atoms with Crippen molar-refractivity contribution in [3.8, 4) is 0 Å². The maximum atomic E-state index is 12.6. The number of hydrogen-bond acceptors (Lipinski definition) is 5. The number of ether oxygens (including phenoxy) is 2. The Morgan fingerprint density at radius 2 is 1.56 bits per heavy atom. The highest BCUT2D eigenvalue weighted by molar-refractivity contribution is 5.82. The number of piperazine rings is 1. The minimum Gasteiger partial charge on any atom is -0.449 e. The predicted molar refractivity (Wildman–Crippen MR) is 130 cm³/mol. The molecule has 4 aliphatic rings. The van der Waals surface area contributed by atoms with Crippen LogP contribution in [0.5, 0.6) is 0 Å². The van der Waals surface area contributed by atoms with Crippen molar-refractivity contribution in [3.05, 3.63) is 0 Å². The van der Waals surface area contributed by atoms with E-state index in [2.05, 4.69) is 12.2 Å². The first-order valence-electron chi connectivity index (χ1n) is 13.3. The van der Waals surface area contributed by atoms with E-state index < -0.39 is 11.7 Å². The van der Waals surface area contributed by atoms with Crippen molar-refractivity contribution in [2.24, 2.45) is 17.3 Å². The summed E-state index contributed by atoms with van der Waals surface area (Å²) in [6, 6.07) is 0. The van der Waals surface area contributed by atoms with Crippen LogP contribution in [-0.4, -0.2) is 72.8 Å². The Morgan fingerprint density at radius 3 is 2.18 bits per heavy atom. The average molecular weight is 480 g/mol. The maximum Gasteiger partial charge on any atom is 0.409 e. The van der Waals surface area contributed by atoms with Gasteiger partial charge in [-0.1, -0.05) is 39.0 Å². The van der Waals surface area contributed by atoms with Gasteiger partial charge in [0.05, 0.1) is 6.61 Å². The van der Waals surface area contributed by atoms with Gasteiger partial charge in [-0.15, -0.1) is 0 Å². The molecule has 194 valence electrons. The summed E-state index contributed by atoms with van der Waals surface area (Å²) in [5.41, 5.74) is -0.290. The van der Waals surface area contributed by atoms with Crippen LogP contribution in [0.1, 0.15) is 85.5 Å². The number of nitrogens with zero attached hydrogens (tertiary/aromatic N) is 2. The van der Waals surface area contributed by atoms with Gasteiger partial charge in [0.25, 0.3) is 0 Å². The molecule has 3 saturated carbocycles. The Kier molecular flexibility index (Phi) is 9.10. The van der Waals surface area contributed by atoms with Crippen molar-refractivity contribution in [1.82, 2.24) is 15.1 Å². The van der Waals surface area contributed by atoms with Gasteiger partial charge in [-0.05, 0) is 63.7 Å². The molecule has 0 aromatic carbocycles. The van der Waals surface area contributed by atoms with Gasteiger partial charge >= 0.3 is 12.2 Å². The van der Waals surface area contributed by atoms with Crippen LogP contribution in [0.15, 0.2) is 0 Å². The number of alkyl carbamates (subject to hydrolysis) is 1. The van der Waals surface area contributed by atoms with Gasteiger partial charge in [-0.2, -0.15) is 0 Å². The molecule has 4 fully saturated rings. The van der Waals surface area contributed by atoms with Gasteiger partial charge in [-0.3, -0.25) is 4.79 Å². The number of nitrogens with one attached hydrogen (secondary N) is 1. The lowest BCUT2D eigenvalue weighted by Gasteiger charge is -2.43. The van der Waals surface area contributed by atoms with Crippen molar-refractivity contribution >= 4 is 18.1 Å². The summed E-state index contributed by atoms with van der Waals surface area (Å²) in [4.78, 5) is 40.1. The van der Waals surface area contributed by atoms with Crippen LogP contribution in [0.2, 0.25) is 0 Å². The molecule has 1 saturated heterocycles. The summed E-state index contributed by atoms with van der Waals surface area (Å²) in [6.45, 7) is 9.74. The summed E-state index contributed by atoms with van der Waals surface area (Å²) in [5, 5.41) is 2.50. The van der Waals surface area contributed by atoms with E-state index in [0.717, 1.165) is 24.7 Å². The number of amides is 3. The van der Waals surface area contributed by atoms with Crippen LogP contribution < -0.4 is 5.32 Å². The first-order chi connectivity index (χ1) is 16.1. The van der Waals surface area contributed by atoms with Crippen molar-refractivity contribution in [2.75, 3.05) is 39.3 Å². The summed E-state index contributed by atoms with van der Waals surface area (Å²) >= 11 is 0. The Bertz CT molecular complexity index is 706. The van der Waals surface area contributed by atoms with Gasteiger partial charge in [0, 0.05) is 26.2 Å². The lowest BCUT2D eigenvalue weighted by Crippen LogP contribution is -2.53. The summed E-state index contributed by atoms with van der Waals surface area (Å²) in [6.07, 6.45) is 10.7. The van der Waals surface area contributed by atoms with Crippen molar-refractivity contribution < 1.29 is 23.9 Å². The van der Waals surface area contributed by atoms with Crippen LogP contribution in [0.3, 0.4) is 0 Å². The highest BCUT2D eigenvalue weighted by Crippen LogP contribution is 2.48. The molecular weight excluding hydrogens is 434 g/mol. The SMILES string of the molecule is CCC1(CCOC(=O)N2CCN(C(=O)CNC(=O)OC(C)(C)C)CC2)CCC2CCC(CC2)C1. The maximum absolute atomic E-state index is 12.6. The van der Waals surface area contributed by atoms with Gasteiger partial charge in [0.1, 0.15) is 12.1 Å². The Morgan fingerprint density at radius 1 is 0.941 bits per heavy atom. The highest BCUT2D eigenvalue weighted by Gasteiger charge is 2.37. The molecule has 0 radical (unpaired) electrons. The van der Waals surface area contributed by atoms with E-state index in [9.17, 15) is 14.4 Å². The molecule has 1 atom stereocenters. The highest BCUT2D eigenvalue weighted by atomic mass is 16.6. The third-order valence-corrected chi connectivity index (χ3v) is 8.05. The first-order valence-corrected chi connectivity index (χ1v) is 13.3. The zero-order chi connectivity index (χ0) is 24.8. The van der Waals surface area contributed by atoms with Gasteiger partial charge < -0.3 is 24.6 Å². The van der Waals surface area contributed by atoms with Crippen molar-refractivity contribution in [1.29, 1.82) is 0 Å². The van der Waals surface area contributed by atoms with E-state index in [1.54, 1.807) is 30.6 Å². The standard InChI is InChI=1S/C26H45N3O5/c1-5-26(11-10-20-6-8-21(18-26)9-7-20)12-17-33-24(32)29-15-13-28(14-16-29)22(30)19-27-23(31)34-25(2,3)4/h20-21H,5-19H2,1-4H3,(H,27,31). The van der Waals surface area contributed by atoms with Crippen LogP contribution >= 0.6 is 0 Å². The lowest BCUT2D eigenvalue weighted by molar-refractivity contribution is -0.131. The number of carbonyl (C=O) groups excluding carboxylic acids is 3. The molecule has 34 heavy (non-hydrogen) atoms. The molecule has 4 rings (SSSR count). The molecule has 0 aromatic rings. The first kappa shape index (κ1) is 26.6. The minimum atomic E-state index is -0.606. The van der Waals surface area contributed by atoms with Crippen LogP contribution in [0.25, 0.3) is 0 Å². The van der Waals surface area contributed by atoms with E-state index in [-0.39, 0.29) is 18.5 Å². The largest absolute Gasteiger partial charge is 0.449 e. The van der Waals surface area contributed by atoms with Crippen LogP contribution in [0.4, 0.5) is 9.59 Å². The van der Waals surface area contributed by atoms with Crippen molar-refractivity contribution in [3.63, 3.8) is 0 Å². The molecule has 1 N–H and O–H groups in total. The third kappa shape index (κ3) is 7.77. The molecule has 0 aromatic heterocycles. The van der Waals surface area contributed by atoms with Gasteiger partial charge in [0.15, 0.2) is 0 Å². The number of hydrogen-bond donors (Lipinski definition) is 1. The topological polar surface area (TPSA) is 88.2 Å². The second-order valence-electron chi connectivity index (χ2n) is 11.6. The Labute approximate surface area is 205 Å². The summed E-state index contributed by atoms with van der Waals surface area (Å²) < 4.78 is 10.9. The second kappa shape index (κ2) is 11.6. The summed E-state index contributed by atoms with van der Waals surface area (Å²) in [7, 11) is 0. The fourth-order valence-corrected chi connectivity index (χ4v) is 5.83. The van der Waals surface area contributed by atoms with Crippen molar-refractivity contribution in [2.45, 2.75) is 91.1 Å². The normalized spacial score (nSPS) is 27.5. The molecule has 3 amide bonds. The van der Waals surface area contributed by atoms with Crippen LogP contribution in [0, 0.1) is 17.3 Å². The molecule has 0 spiro atoms. The fraction of sp³-hybridized carbons (Fsp3) is 0.885. The number of rotatable bonds is 6. The molecular formula is C26H45N3O5. The number of carbonyl (C=O) groups is 3. The zero-order valence-corrected chi connectivity index (χ0v) is 21.7. The number of fused-ring (bicyclic) bond motifs is 5. The van der Waals surface area contributed by atoms with E-state index in [1.807, 2.05) is 0 Å². The molecule has 1 unspecified atom stereocenters. The Hall–Kier alpha value is -1.99. The van der Waals surface area contributed by atoms with Gasteiger partial charge in [0.2, 0.25) is 5.91 Å². The molecule has 8 nitrogen and oxygen atoms in total. The molecule has 1 aliphatic heterocycles. The average Bonchev–Trinajstić information content (AvgIpc) is 2.78. The smallest absolute Gasteiger partial charge is 0.409 e. The monoisotopic (exact) mass is 479 g/mol. The minimum absolute atomic E-state index is 0.111. The fourth-order valence-electron chi connectivity index (χ4n) is 5.83. The van der Waals surface area contributed by atoms with E-state index >= 15 is 0 Å². The second-order valence-corrected chi connectivity index (χ2v) is 11.6. The molecule has 2 bridgehead atoms. The van der Waals surface area contributed by atoms with E-state index in [0.29, 0.717) is 38.2 Å². The van der Waals surface area contributed by atoms with E-state index in [4.69, 9.17) is 9.47 Å². The lowest BCUT2D eigenvalue weighted by atomic mass is 9.63. The third-order valence-electron chi connectivity index (χ3n) is 8.05. The van der Waals surface area contributed by atoms with Crippen LogP contribution in [-0.2, 0) is 14.3 Å². The zero-order valence-electron chi connectivity index (χ0n) is 21.7. The van der Waals surface area contributed by atoms with Gasteiger partial charge in [-0.25, -0.2) is 9.59 Å². The Balaban J connectivity index is 1.36. The van der Waals surface area contributed by atoms with E-state index in [1.165, 1.54) is 44.9 Å². The summed E-state index contributed by atoms with van der Waals surface area (Å²) in [5.74, 6) is 1.58. The molecule has 8 heteroatoms. The molecule has 1 heterocycles. The predicted octanol–water partition coefficient (Wildman–Crippen LogP) is 4.57. The molecule has 3 aliphatic carbocycles. The quantitative estimate of drug-likeness (QED) is 0.603.